The number of benzene rings is 1. The van der Waals surface area contributed by atoms with E-state index in [2.05, 4.69) is 4.90 Å². The Morgan fingerprint density at radius 2 is 1.62 bits per heavy atom. The van der Waals surface area contributed by atoms with Gasteiger partial charge in [-0.2, -0.15) is 0 Å². The molecule has 26 heavy (non-hydrogen) atoms. The Morgan fingerprint density at radius 1 is 0.962 bits per heavy atom. The van der Waals surface area contributed by atoms with Crippen LogP contribution >= 0.6 is 12.4 Å². The zero-order chi connectivity index (χ0) is 17.6. The average molecular weight is 378 g/mol. The van der Waals surface area contributed by atoms with E-state index in [1.54, 1.807) is 6.08 Å². The molecule has 6 heteroatoms. The van der Waals surface area contributed by atoms with Crippen LogP contribution in [0.2, 0.25) is 0 Å². The molecule has 0 aliphatic carbocycles. The zero-order valence-electron chi connectivity index (χ0n) is 15.4. The second kappa shape index (κ2) is 9.74. The Labute approximate surface area is 162 Å². The van der Waals surface area contributed by atoms with Crippen molar-refractivity contribution in [3.63, 3.8) is 0 Å². The Bertz CT molecular complexity index is 648. The summed E-state index contributed by atoms with van der Waals surface area (Å²) in [5.41, 5.74) is 2.24. The predicted octanol–water partition coefficient (Wildman–Crippen LogP) is 2.20. The monoisotopic (exact) mass is 377 g/mol. The van der Waals surface area contributed by atoms with Crippen LogP contribution in [-0.2, 0) is 9.59 Å². The number of halogens is 1. The van der Waals surface area contributed by atoms with Gasteiger partial charge in [-0.05, 0) is 37.0 Å². The summed E-state index contributed by atoms with van der Waals surface area (Å²) in [5.74, 6) is 0.283. The molecule has 1 aromatic carbocycles. The first-order valence-corrected chi connectivity index (χ1v) is 9.16. The molecule has 0 unspecified atom stereocenters. The lowest BCUT2D eigenvalue weighted by Gasteiger charge is -2.34. The van der Waals surface area contributed by atoms with Crippen molar-refractivity contribution < 1.29 is 9.59 Å². The maximum atomic E-state index is 12.4. The molecule has 0 radical (unpaired) electrons. The molecule has 2 amide bonds. The molecule has 2 aliphatic heterocycles. The summed E-state index contributed by atoms with van der Waals surface area (Å²) in [7, 11) is 0. The van der Waals surface area contributed by atoms with E-state index >= 15 is 0 Å². The third-order valence-electron chi connectivity index (χ3n) is 5.10. The van der Waals surface area contributed by atoms with Crippen LogP contribution in [0, 0.1) is 6.92 Å². The fourth-order valence-electron chi connectivity index (χ4n) is 3.42. The number of carbonyl (C=O) groups is 2. The van der Waals surface area contributed by atoms with Gasteiger partial charge in [0, 0.05) is 45.3 Å². The lowest BCUT2D eigenvalue weighted by molar-refractivity contribution is -0.132. The molecule has 2 heterocycles. The van der Waals surface area contributed by atoms with Crippen LogP contribution in [0.3, 0.4) is 0 Å². The van der Waals surface area contributed by atoms with E-state index in [0.717, 1.165) is 50.1 Å². The van der Waals surface area contributed by atoms with Gasteiger partial charge in [-0.3, -0.25) is 14.5 Å². The third kappa shape index (κ3) is 5.32. The summed E-state index contributed by atoms with van der Waals surface area (Å²) >= 11 is 0. The van der Waals surface area contributed by atoms with Crippen molar-refractivity contribution in [3.05, 3.63) is 41.5 Å². The van der Waals surface area contributed by atoms with Crippen molar-refractivity contribution in [2.24, 2.45) is 0 Å². The van der Waals surface area contributed by atoms with Crippen LogP contribution < -0.4 is 0 Å². The summed E-state index contributed by atoms with van der Waals surface area (Å²) in [5, 5.41) is 0. The lowest BCUT2D eigenvalue weighted by Crippen LogP contribution is -2.51. The van der Waals surface area contributed by atoms with Crippen molar-refractivity contribution in [2.45, 2.75) is 19.8 Å². The first-order chi connectivity index (χ1) is 12.1. The molecular weight excluding hydrogens is 350 g/mol. The Morgan fingerprint density at radius 3 is 2.27 bits per heavy atom. The van der Waals surface area contributed by atoms with Gasteiger partial charge in [-0.1, -0.05) is 24.3 Å². The van der Waals surface area contributed by atoms with Gasteiger partial charge >= 0.3 is 0 Å². The number of aryl methyl sites for hydroxylation is 1. The van der Waals surface area contributed by atoms with Gasteiger partial charge < -0.3 is 9.80 Å². The number of rotatable bonds is 4. The van der Waals surface area contributed by atoms with Crippen LogP contribution in [0.5, 0.6) is 0 Å². The second-order valence-electron chi connectivity index (χ2n) is 6.88. The van der Waals surface area contributed by atoms with Gasteiger partial charge in [0.05, 0.1) is 6.54 Å². The molecule has 0 spiro atoms. The molecule has 2 saturated heterocycles. The van der Waals surface area contributed by atoms with E-state index < -0.39 is 0 Å². The lowest BCUT2D eigenvalue weighted by atomic mass is 10.1. The molecular formula is C20H28ClN3O2. The van der Waals surface area contributed by atoms with Gasteiger partial charge in [0.1, 0.15) is 0 Å². The van der Waals surface area contributed by atoms with E-state index in [9.17, 15) is 9.59 Å². The van der Waals surface area contributed by atoms with Gasteiger partial charge in [0.2, 0.25) is 11.8 Å². The first-order valence-electron chi connectivity index (χ1n) is 9.16. The largest absolute Gasteiger partial charge is 0.342 e. The maximum Gasteiger partial charge on any atom is 0.246 e. The van der Waals surface area contributed by atoms with Gasteiger partial charge in [0.25, 0.3) is 0 Å². The molecule has 0 aromatic heterocycles. The normalized spacial score (nSPS) is 18.2. The van der Waals surface area contributed by atoms with Crippen molar-refractivity contribution in [1.82, 2.24) is 14.7 Å². The molecule has 0 saturated carbocycles. The topological polar surface area (TPSA) is 43.9 Å². The van der Waals surface area contributed by atoms with Crippen LogP contribution in [0.4, 0.5) is 0 Å². The van der Waals surface area contributed by atoms with Crippen molar-refractivity contribution in [1.29, 1.82) is 0 Å². The minimum Gasteiger partial charge on any atom is -0.342 e. The highest BCUT2D eigenvalue weighted by Gasteiger charge is 2.24. The van der Waals surface area contributed by atoms with Gasteiger partial charge in [0.15, 0.2) is 0 Å². The number of piperazine rings is 1. The summed E-state index contributed by atoms with van der Waals surface area (Å²) in [6.07, 6.45) is 5.80. The van der Waals surface area contributed by atoms with E-state index in [0.29, 0.717) is 19.6 Å². The third-order valence-corrected chi connectivity index (χ3v) is 5.10. The molecule has 0 N–H and O–H groups in total. The first kappa shape index (κ1) is 20.5. The quantitative estimate of drug-likeness (QED) is 0.755. The molecule has 142 valence electrons. The molecule has 2 aliphatic rings. The zero-order valence-corrected chi connectivity index (χ0v) is 16.2. The smallest absolute Gasteiger partial charge is 0.246 e. The van der Waals surface area contributed by atoms with Crippen molar-refractivity contribution in [3.8, 4) is 0 Å². The highest BCUT2D eigenvalue weighted by molar-refractivity contribution is 5.92. The Hall–Kier alpha value is -1.85. The number of hydrogen-bond donors (Lipinski definition) is 0. The molecule has 3 rings (SSSR count). The SMILES string of the molecule is Cc1ccccc1/C=C/C(=O)N1CCN(CC(=O)N2CCCC2)CC1.Cl. The van der Waals surface area contributed by atoms with E-state index in [-0.39, 0.29) is 24.2 Å². The molecule has 0 atom stereocenters. The summed E-state index contributed by atoms with van der Waals surface area (Å²) in [4.78, 5) is 30.6. The fraction of sp³-hybridized carbons (Fsp3) is 0.500. The minimum atomic E-state index is 0. The predicted molar refractivity (Wildman–Crippen MR) is 106 cm³/mol. The van der Waals surface area contributed by atoms with Crippen LogP contribution in [0.15, 0.2) is 30.3 Å². The summed E-state index contributed by atoms with van der Waals surface area (Å²) in [6.45, 7) is 7.24. The second-order valence-corrected chi connectivity index (χ2v) is 6.88. The van der Waals surface area contributed by atoms with E-state index in [1.807, 2.05) is 47.1 Å². The minimum absolute atomic E-state index is 0. The summed E-state index contributed by atoms with van der Waals surface area (Å²) in [6, 6.07) is 8.03. The fourth-order valence-corrected chi connectivity index (χ4v) is 3.42. The van der Waals surface area contributed by atoms with Crippen molar-refractivity contribution in [2.75, 3.05) is 45.8 Å². The molecule has 2 fully saturated rings. The van der Waals surface area contributed by atoms with Crippen molar-refractivity contribution >= 4 is 30.3 Å². The van der Waals surface area contributed by atoms with Crippen LogP contribution in [0.1, 0.15) is 24.0 Å². The van der Waals surface area contributed by atoms with Gasteiger partial charge in [-0.25, -0.2) is 0 Å². The van der Waals surface area contributed by atoms with E-state index in [1.165, 1.54) is 0 Å². The van der Waals surface area contributed by atoms with Crippen LogP contribution in [-0.4, -0.2) is 72.3 Å². The summed E-state index contributed by atoms with van der Waals surface area (Å²) < 4.78 is 0. The maximum absolute atomic E-state index is 12.4. The average Bonchev–Trinajstić information content (AvgIpc) is 3.16. The standard InChI is InChI=1S/C20H27N3O2.ClH/c1-17-6-2-3-7-18(17)8-9-19(24)23-14-12-21(13-15-23)16-20(25)22-10-4-5-11-22;/h2-3,6-9H,4-5,10-16H2,1H3;1H/b9-8+;. The highest BCUT2D eigenvalue weighted by Crippen LogP contribution is 2.11. The Balaban J connectivity index is 0.00000243. The molecule has 0 bridgehead atoms. The Kier molecular flexibility index (Phi) is 7.66. The number of nitrogens with zero attached hydrogens (tertiary/aromatic N) is 3. The highest BCUT2D eigenvalue weighted by atomic mass is 35.5. The van der Waals surface area contributed by atoms with E-state index in [4.69, 9.17) is 0 Å². The number of hydrogen-bond acceptors (Lipinski definition) is 3. The number of carbonyl (C=O) groups excluding carboxylic acids is 2. The number of amides is 2. The van der Waals surface area contributed by atoms with Gasteiger partial charge in [-0.15, -0.1) is 12.4 Å². The number of likely N-dealkylation sites (tertiary alicyclic amines) is 1. The van der Waals surface area contributed by atoms with Crippen LogP contribution in [0.25, 0.3) is 6.08 Å². The molecule has 5 nitrogen and oxygen atoms in total. The molecule has 1 aromatic rings.